The van der Waals surface area contributed by atoms with E-state index in [9.17, 15) is 18.0 Å². The summed E-state index contributed by atoms with van der Waals surface area (Å²) in [5.41, 5.74) is 0.474. The molecule has 7 heteroatoms. The van der Waals surface area contributed by atoms with Gasteiger partial charge in [-0.1, -0.05) is 12.1 Å². The second-order valence-electron chi connectivity index (χ2n) is 5.00. The van der Waals surface area contributed by atoms with Crippen molar-refractivity contribution in [3.8, 4) is 6.07 Å². The van der Waals surface area contributed by atoms with Gasteiger partial charge in [0.2, 0.25) is 5.91 Å². The van der Waals surface area contributed by atoms with Crippen LogP contribution in [0, 0.1) is 11.3 Å². The van der Waals surface area contributed by atoms with Gasteiger partial charge in [0.15, 0.2) is 0 Å². The zero-order valence-electron chi connectivity index (χ0n) is 12.5. The molecule has 24 heavy (non-hydrogen) atoms. The van der Waals surface area contributed by atoms with Crippen LogP contribution in [-0.4, -0.2) is 12.5 Å². The first-order valence-electron chi connectivity index (χ1n) is 7.09. The third-order valence-electron chi connectivity index (χ3n) is 3.15. The number of hydrogen-bond acceptors (Lipinski definition) is 3. The minimum Gasteiger partial charge on any atom is -0.384 e. The molecule has 2 aromatic rings. The number of nitriles is 1. The highest BCUT2D eigenvalue weighted by Gasteiger charge is 2.30. The largest absolute Gasteiger partial charge is 0.416 e. The van der Waals surface area contributed by atoms with Crippen LogP contribution in [0.4, 0.5) is 24.5 Å². The first-order valence-corrected chi connectivity index (χ1v) is 7.09. The van der Waals surface area contributed by atoms with Gasteiger partial charge in [-0.25, -0.2) is 0 Å². The normalized spacial score (nSPS) is 10.8. The molecule has 4 nitrogen and oxygen atoms in total. The number of amides is 1. The number of halogens is 3. The Bertz CT molecular complexity index is 766. The van der Waals surface area contributed by atoms with Crippen molar-refractivity contribution in [2.75, 3.05) is 17.2 Å². The zero-order valence-corrected chi connectivity index (χ0v) is 12.5. The number of rotatable bonds is 5. The highest BCUT2D eigenvalue weighted by Crippen LogP contribution is 2.30. The molecule has 0 fully saturated rings. The smallest absolute Gasteiger partial charge is 0.384 e. The van der Waals surface area contributed by atoms with Crippen molar-refractivity contribution in [1.29, 1.82) is 5.26 Å². The molecule has 0 atom stereocenters. The first-order chi connectivity index (χ1) is 11.4. The minimum absolute atomic E-state index is 0.0764. The van der Waals surface area contributed by atoms with Crippen molar-refractivity contribution in [2.24, 2.45) is 0 Å². The van der Waals surface area contributed by atoms with Crippen LogP contribution in [0.5, 0.6) is 0 Å². The molecule has 2 N–H and O–H groups in total. The van der Waals surface area contributed by atoms with E-state index >= 15 is 0 Å². The van der Waals surface area contributed by atoms with E-state index in [1.165, 1.54) is 12.1 Å². The molecule has 0 saturated carbocycles. The van der Waals surface area contributed by atoms with E-state index in [-0.39, 0.29) is 12.1 Å². The molecular formula is C17H14F3N3O. The number of anilines is 2. The van der Waals surface area contributed by atoms with Gasteiger partial charge in [0, 0.05) is 24.3 Å². The SMILES string of the molecule is N#Cc1cccc(NCCC(=O)Nc2cccc(C(F)(F)F)c2)c1. The van der Waals surface area contributed by atoms with E-state index in [2.05, 4.69) is 10.6 Å². The maximum absolute atomic E-state index is 12.6. The van der Waals surface area contributed by atoms with E-state index in [0.29, 0.717) is 17.8 Å². The summed E-state index contributed by atoms with van der Waals surface area (Å²) < 4.78 is 37.8. The van der Waals surface area contributed by atoms with E-state index in [0.717, 1.165) is 12.1 Å². The van der Waals surface area contributed by atoms with E-state index < -0.39 is 17.6 Å². The molecule has 124 valence electrons. The monoisotopic (exact) mass is 333 g/mol. The van der Waals surface area contributed by atoms with Crippen molar-refractivity contribution in [3.05, 3.63) is 59.7 Å². The maximum atomic E-state index is 12.6. The standard InChI is InChI=1S/C17H14F3N3O/c18-17(19,20)13-4-2-6-15(10-13)23-16(24)7-8-22-14-5-1-3-12(9-14)11-21/h1-6,9-10,22H,7-8H2,(H,23,24). The molecular weight excluding hydrogens is 319 g/mol. The lowest BCUT2D eigenvalue weighted by Crippen LogP contribution is -2.16. The van der Waals surface area contributed by atoms with Gasteiger partial charge < -0.3 is 10.6 Å². The van der Waals surface area contributed by atoms with Gasteiger partial charge in [0.05, 0.1) is 17.2 Å². The molecule has 0 bridgehead atoms. The molecule has 0 aliphatic rings. The van der Waals surface area contributed by atoms with Crippen molar-refractivity contribution < 1.29 is 18.0 Å². The molecule has 0 aliphatic carbocycles. The van der Waals surface area contributed by atoms with Gasteiger partial charge in [-0.05, 0) is 36.4 Å². The second kappa shape index (κ2) is 7.51. The van der Waals surface area contributed by atoms with Crippen LogP contribution in [0.2, 0.25) is 0 Å². The Hall–Kier alpha value is -3.01. The van der Waals surface area contributed by atoms with Gasteiger partial charge in [-0.3, -0.25) is 4.79 Å². The fourth-order valence-electron chi connectivity index (χ4n) is 2.02. The Balaban J connectivity index is 1.86. The van der Waals surface area contributed by atoms with Crippen LogP contribution in [0.3, 0.4) is 0 Å². The quantitative estimate of drug-likeness (QED) is 0.869. The van der Waals surface area contributed by atoms with E-state index in [1.54, 1.807) is 24.3 Å². The Morgan fingerprint density at radius 1 is 1.08 bits per heavy atom. The summed E-state index contributed by atoms with van der Waals surface area (Å²) in [5.74, 6) is -0.404. The number of hydrogen-bond donors (Lipinski definition) is 2. The fraction of sp³-hybridized carbons (Fsp3) is 0.176. The van der Waals surface area contributed by atoms with Crippen molar-refractivity contribution >= 4 is 17.3 Å². The van der Waals surface area contributed by atoms with Crippen LogP contribution in [0.25, 0.3) is 0 Å². The summed E-state index contributed by atoms with van der Waals surface area (Å²) >= 11 is 0. The predicted molar refractivity (Wildman–Crippen MR) is 84.3 cm³/mol. The minimum atomic E-state index is -4.45. The summed E-state index contributed by atoms with van der Waals surface area (Å²) in [4.78, 5) is 11.8. The molecule has 0 radical (unpaired) electrons. The average Bonchev–Trinajstić information content (AvgIpc) is 2.54. The molecule has 2 rings (SSSR count). The highest BCUT2D eigenvalue weighted by atomic mass is 19.4. The highest BCUT2D eigenvalue weighted by molar-refractivity contribution is 5.91. The third kappa shape index (κ3) is 5.02. The van der Waals surface area contributed by atoms with Crippen LogP contribution in [-0.2, 0) is 11.0 Å². The molecule has 2 aromatic carbocycles. The van der Waals surface area contributed by atoms with Crippen LogP contribution < -0.4 is 10.6 Å². The lowest BCUT2D eigenvalue weighted by Gasteiger charge is -2.10. The Morgan fingerprint density at radius 3 is 2.50 bits per heavy atom. The van der Waals surface area contributed by atoms with E-state index in [1.807, 2.05) is 6.07 Å². The summed E-state index contributed by atoms with van der Waals surface area (Å²) in [7, 11) is 0. The number of carbonyl (C=O) groups excluding carboxylic acids is 1. The van der Waals surface area contributed by atoms with Crippen molar-refractivity contribution in [3.63, 3.8) is 0 Å². The van der Waals surface area contributed by atoms with E-state index in [4.69, 9.17) is 5.26 Å². The van der Waals surface area contributed by atoms with Crippen molar-refractivity contribution in [1.82, 2.24) is 0 Å². The summed E-state index contributed by atoms with van der Waals surface area (Å²) in [6, 6.07) is 13.2. The van der Waals surface area contributed by atoms with Crippen molar-refractivity contribution in [2.45, 2.75) is 12.6 Å². The van der Waals surface area contributed by atoms with Gasteiger partial charge in [0.25, 0.3) is 0 Å². The third-order valence-corrected chi connectivity index (χ3v) is 3.15. The van der Waals surface area contributed by atoms with Crippen LogP contribution >= 0.6 is 0 Å². The summed E-state index contributed by atoms with van der Waals surface area (Å²) in [6.07, 6.45) is -4.37. The van der Waals surface area contributed by atoms with Gasteiger partial charge in [-0.15, -0.1) is 0 Å². The Labute approximate surface area is 136 Å². The number of carbonyl (C=O) groups is 1. The Kier molecular flexibility index (Phi) is 5.42. The first kappa shape index (κ1) is 17.3. The van der Waals surface area contributed by atoms with Gasteiger partial charge in [0.1, 0.15) is 0 Å². The topological polar surface area (TPSA) is 64.9 Å². The fourth-order valence-corrected chi connectivity index (χ4v) is 2.02. The number of alkyl halides is 3. The molecule has 0 aromatic heterocycles. The number of nitrogens with zero attached hydrogens (tertiary/aromatic N) is 1. The summed E-state index contributed by atoms with van der Waals surface area (Å²) in [6.45, 7) is 0.291. The molecule has 0 heterocycles. The van der Waals surface area contributed by atoms with Gasteiger partial charge in [-0.2, -0.15) is 18.4 Å². The predicted octanol–water partition coefficient (Wildman–Crippen LogP) is 4.02. The molecule has 0 unspecified atom stereocenters. The Morgan fingerprint density at radius 2 is 1.79 bits per heavy atom. The number of nitrogens with one attached hydrogen (secondary N) is 2. The lowest BCUT2D eigenvalue weighted by molar-refractivity contribution is -0.137. The summed E-state index contributed by atoms with van der Waals surface area (Å²) in [5, 5.41) is 14.2. The average molecular weight is 333 g/mol. The number of benzene rings is 2. The van der Waals surface area contributed by atoms with Crippen LogP contribution in [0.1, 0.15) is 17.5 Å². The zero-order chi connectivity index (χ0) is 17.6. The molecule has 1 amide bonds. The second-order valence-corrected chi connectivity index (χ2v) is 5.00. The lowest BCUT2D eigenvalue weighted by atomic mass is 10.2. The molecule has 0 saturated heterocycles. The molecule has 0 spiro atoms. The molecule has 0 aliphatic heterocycles. The van der Waals surface area contributed by atoms with Crippen LogP contribution in [0.15, 0.2) is 48.5 Å². The maximum Gasteiger partial charge on any atom is 0.416 e. The van der Waals surface area contributed by atoms with Gasteiger partial charge >= 0.3 is 6.18 Å².